The number of aryl methyl sites for hydroxylation is 1. The van der Waals surface area contributed by atoms with Gasteiger partial charge in [0.2, 0.25) is 17.2 Å². The first kappa shape index (κ1) is 12.6. The van der Waals surface area contributed by atoms with E-state index < -0.39 is 0 Å². The molecule has 6 heteroatoms. The van der Waals surface area contributed by atoms with Crippen LogP contribution < -0.4 is 10.6 Å². The molecule has 94 valence electrons. The molecule has 0 saturated heterocycles. The van der Waals surface area contributed by atoms with E-state index in [0.29, 0.717) is 18.4 Å². The second kappa shape index (κ2) is 5.64. The summed E-state index contributed by atoms with van der Waals surface area (Å²) in [4.78, 5) is 12.1. The largest absolute Gasteiger partial charge is 0.357 e. The Kier molecular flexibility index (Phi) is 3.94. The molecule has 2 rings (SSSR count). The van der Waals surface area contributed by atoms with Crippen molar-refractivity contribution in [1.29, 1.82) is 0 Å². The van der Waals surface area contributed by atoms with Gasteiger partial charge in [-0.1, -0.05) is 24.3 Å². The van der Waals surface area contributed by atoms with Crippen LogP contribution in [0.5, 0.6) is 0 Å². The van der Waals surface area contributed by atoms with Crippen LogP contribution in [0.25, 0.3) is 0 Å². The molecule has 0 aliphatic heterocycles. The SMILES string of the molecule is CNc1nc(Cl)nc(NCc2ccccc2C)n1. The lowest BCUT2D eigenvalue weighted by Gasteiger charge is -2.08. The number of nitrogens with zero attached hydrogens (tertiary/aromatic N) is 3. The molecule has 1 heterocycles. The van der Waals surface area contributed by atoms with Crippen LogP contribution in [-0.2, 0) is 6.54 Å². The van der Waals surface area contributed by atoms with Gasteiger partial charge in [0.15, 0.2) is 0 Å². The van der Waals surface area contributed by atoms with Crippen LogP contribution in [0.2, 0.25) is 5.28 Å². The van der Waals surface area contributed by atoms with Crippen molar-refractivity contribution in [2.24, 2.45) is 0 Å². The molecule has 2 N–H and O–H groups in total. The first-order valence-corrected chi connectivity index (χ1v) is 5.94. The smallest absolute Gasteiger partial charge is 0.229 e. The monoisotopic (exact) mass is 263 g/mol. The van der Waals surface area contributed by atoms with Gasteiger partial charge in [-0.2, -0.15) is 15.0 Å². The third-order valence-electron chi connectivity index (χ3n) is 2.53. The lowest BCUT2D eigenvalue weighted by Crippen LogP contribution is -2.07. The highest BCUT2D eigenvalue weighted by molar-refractivity contribution is 6.28. The predicted molar refractivity (Wildman–Crippen MR) is 72.9 cm³/mol. The van der Waals surface area contributed by atoms with Gasteiger partial charge >= 0.3 is 0 Å². The molecule has 0 atom stereocenters. The molecule has 0 aliphatic rings. The Morgan fingerprint density at radius 1 is 1.11 bits per heavy atom. The molecule has 0 bridgehead atoms. The summed E-state index contributed by atoms with van der Waals surface area (Å²) in [6.45, 7) is 2.71. The van der Waals surface area contributed by atoms with Crippen LogP contribution >= 0.6 is 11.6 Å². The third kappa shape index (κ3) is 3.07. The minimum atomic E-state index is 0.168. The maximum Gasteiger partial charge on any atom is 0.229 e. The molecule has 0 aliphatic carbocycles. The molecular formula is C12H14ClN5. The molecule has 0 amide bonds. The Morgan fingerprint density at radius 3 is 2.56 bits per heavy atom. The fraction of sp³-hybridized carbons (Fsp3) is 0.250. The molecule has 2 aromatic rings. The Bertz CT molecular complexity index is 544. The Labute approximate surface area is 111 Å². The predicted octanol–water partition coefficient (Wildman–Crippen LogP) is 2.49. The standard InChI is InChI=1S/C12H14ClN5/c1-8-5-3-4-6-9(8)7-15-12-17-10(13)16-11(14-2)18-12/h3-6H,7H2,1-2H3,(H2,14,15,16,17,18). The van der Waals surface area contributed by atoms with Crippen molar-refractivity contribution in [2.75, 3.05) is 17.7 Å². The number of halogens is 1. The summed E-state index contributed by atoms with van der Waals surface area (Å²) in [6.07, 6.45) is 0. The van der Waals surface area contributed by atoms with Gasteiger partial charge in [-0.05, 0) is 29.7 Å². The van der Waals surface area contributed by atoms with Crippen molar-refractivity contribution in [3.05, 3.63) is 40.7 Å². The van der Waals surface area contributed by atoms with Crippen molar-refractivity contribution in [2.45, 2.75) is 13.5 Å². The maximum atomic E-state index is 5.80. The van der Waals surface area contributed by atoms with Crippen LogP contribution in [0.3, 0.4) is 0 Å². The van der Waals surface area contributed by atoms with Crippen LogP contribution in [0, 0.1) is 6.92 Å². The second-order valence-corrected chi connectivity index (χ2v) is 4.12. The van der Waals surface area contributed by atoms with E-state index in [1.54, 1.807) is 7.05 Å². The topological polar surface area (TPSA) is 62.7 Å². The van der Waals surface area contributed by atoms with Gasteiger partial charge in [0.25, 0.3) is 0 Å². The van der Waals surface area contributed by atoms with Gasteiger partial charge in [-0.25, -0.2) is 0 Å². The normalized spacial score (nSPS) is 10.2. The van der Waals surface area contributed by atoms with E-state index in [9.17, 15) is 0 Å². The van der Waals surface area contributed by atoms with Gasteiger partial charge < -0.3 is 10.6 Å². The zero-order valence-electron chi connectivity index (χ0n) is 10.2. The summed E-state index contributed by atoms with van der Waals surface area (Å²) in [5.41, 5.74) is 2.42. The van der Waals surface area contributed by atoms with Crippen LogP contribution in [-0.4, -0.2) is 22.0 Å². The molecule has 0 radical (unpaired) electrons. The van der Waals surface area contributed by atoms with Crippen molar-refractivity contribution in [3.63, 3.8) is 0 Å². The zero-order valence-corrected chi connectivity index (χ0v) is 11.0. The molecule has 0 unspecified atom stereocenters. The summed E-state index contributed by atoms with van der Waals surface area (Å²) in [5.74, 6) is 0.907. The highest BCUT2D eigenvalue weighted by Crippen LogP contribution is 2.12. The Hall–Kier alpha value is -1.88. The number of nitrogens with one attached hydrogen (secondary N) is 2. The molecule has 0 fully saturated rings. The Balaban J connectivity index is 2.11. The van der Waals surface area contributed by atoms with Crippen molar-refractivity contribution in [1.82, 2.24) is 15.0 Å². The summed E-state index contributed by atoms with van der Waals surface area (Å²) < 4.78 is 0. The van der Waals surface area contributed by atoms with E-state index in [1.807, 2.05) is 12.1 Å². The van der Waals surface area contributed by atoms with E-state index in [0.717, 1.165) is 0 Å². The Morgan fingerprint density at radius 2 is 1.83 bits per heavy atom. The molecular weight excluding hydrogens is 250 g/mol. The van der Waals surface area contributed by atoms with E-state index in [1.165, 1.54) is 11.1 Å². The van der Waals surface area contributed by atoms with E-state index in [4.69, 9.17) is 11.6 Å². The van der Waals surface area contributed by atoms with Gasteiger partial charge in [0.1, 0.15) is 0 Å². The third-order valence-corrected chi connectivity index (χ3v) is 2.70. The highest BCUT2D eigenvalue weighted by Gasteiger charge is 2.04. The first-order chi connectivity index (χ1) is 8.69. The molecule has 0 saturated carbocycles. The fourth-order valence-electron chi connectivity index (χ4n) is 1.52. The van der Waals surface area contributed by atoms with Crippen LogP contribution in [0.4, 0.5) is 11.9 Å². The number of anilines is 2. The number of aromatic nitrogens is 3. The number of rotatable bonds is 4. The summed E-state index contributed by atoms with van der Waals surface area (Å²) in [6, 6.07) is 8.14. The van der Waals surface area contributed by atoms with E-state index in [2.05, 4.69) is 44.6 Å². The molecule has 1 aromatic carbocycles. The van der Waals surface area contributed by atoms with E-state index >= 15 is 0 Å². The minimum absolute atomic E-state index is 0.168. The number of benzene rings is 1. The molecule has 18 heavy (non-hydrogen) atoms. The van der Waals surface area contributed by atoms with Crippen LogP contribution in [0.15, 0.2) is 24.3 Å². The molecule has 5 nitrogen and oxygen atoms in total. The van der Waals surface area contributed by atoms with Gasteiger partial charge in [-0.15, -0.1) is 0 Å². The average molecular weight is 264 g/mol. The maximum absolute atomic E-state index is 5.80. The van der Waals surface area contributed by atoms with Gasteiger partial charge in [0, 0.05) is 13.6 Å². The van der Waals surface area contributed by atoms with E-state index in [-0.39, 0.29) is 5.28 Å². The lowest BCUT2D eigenvalue weighted by molar-refractivity contribution is 0.997. The number of hydrogen-bond donors (Lipinski definition) is 2. The fourth-order valence-corrected chi connectivity index (χ4v) is 1.68. The van der Waals surface area contributed by atoms with Crippen molar-refractivity contribution < 1.29 is 0 Å². The van der Waals surface area contributed by atoms with Crippen LogP contribution in [0.1, 0.15) is 11.1 Å². The lowest BCUT2D eigenvalue weighted by atomic mass is 10.1. The quantitative estimate of drug-likeness (QED) is 0.887. The average Bonchev–Trinajstić information content (AvgIpc) is 2.37. The van der Waals surface area contributed by atoms with Gasteiger partial charge in [0.05, 0.1) is 0 Å². The first-order valence-electron chi connectivity index (χ1n) is 5.57. The molecule has 1 aromatic heterocycles. The summed E-state index contributed by atoms with van der Waals surface area (Å²) >= 11 is 5.80. The van der Waals surface area contributed by atoms with Gasteiger partial charge in [-0.3, -0.25) is 0 Å². The minimum Gasteiger partial charge on any atom is -0.357 e. The van der Waals surface area contributed by atoms with Crippen molar-refractivity contribution >= 4 is 23.5 Å². The van der Waals surface area contributed by atoms with Crippen molar-refractivity contribution in [3.8, 4) is 0 Å². The number of hydrogen-bond acceptors (Lipinski definition) is 5. The zero-order chi connectivity index (χ0) is 13.0. The summed E-state index contributed by atoms with van der Waals surface area (Å²) in [7, 11) is 1.73. The molecule has 0 spiro atoms. The summed E-state index contributed by atoms with van der Waals surface area (Å²) in [5, 5.41) is 6.13. The second-order valence-electron chi connectivity index (χ2n) is 3.78. The highest BCUT2D eigenvalue weighted by atomic mass is 35.5.